The van der Waals surface area contributed by atoms with Gasteiger partial charge in [-0.1, -0.05) is 12.1 Å². The number of rotatable bonds is 5. The van der Waals surface area contributed by atoms with Crippen LogP contribution in [0.15, 0.2) is 29.3 Å². The second-order valence-electron chi connectivity index (χ2n) is 7.83. The van der Waals surface area contributed by atoms with Crippen LogP contribution < -0.4 is 10.6 Å². The van der Waals surface area contributed by atoms with Gasteiger partial charge in [-0.3, -0.25) is 14.7 Å². The van der Waals surface area contributed by atoms with E-state index in [0.717, 1.165) is 38.0 Å². The molecule has 1 aliphatic rings. The highest BCUT2D eigenvalue weighted by Crippen LogP contribution is 2.14. The summed E-state index contributed by atoms with van der Waals surface area (Å²) in [5.74, 6) is 0.101. The molecule has 7 heteroatoms. The first-order valence-corrected chi connectivity index (χ1v) is 9.41. The van der Waals surface area contributed by atoms with Crippen molar-refractivity contribution < 1.29 is 13.9 Å². The van der Waals surface area contributed by atoms with Gasteiger partial charge in [-0.2, -0.15) is 0 Å². The van der Waals surface area contributed by atoms with E-state index in [1.807, 2.05) is 32.9 Å². The summed E-state index contributed by atoms with van der Waals surface area (Å²) in [4.78, 5) is 18.4. The zero-order valence-corrected chi connectivity index (χ0v) is 16.7. The van der Waals surface area contributed by atoms with Gasteiger partial charge in [-0.05, 0) is 51.3 Å². The van der Waals surface area contributed by atoms with Crippen molar-refractivity contribution >= 4 is 11.9 Å². The predicted octanol–water partition coefficient (Wildman–Crippen LogP) is 2.30. The average Bonchev–Trinajstić information content (AvgIpc) is 2.60. The standard InChI is InChI=1S/C20H31FN4O2/c1-20(2,3)27-18(26)13-23-19(22-4)24-17-9-11-25(12-10-17)14-15-5-7-16(21)8-6-15/h5-8,17H,9-14H2,1-4H3,(H2,22,23,24). The average molecular weight is 378 g/mol. The van der Waals surface area contributed by atoms with E-state index in [-0.39, 0.29) is 18.3 Å². The van der Waals surface area contributed by atoms with Gasteiger partial charge in [0.1, 0.15) is 18.0 Å². The Labute approximate surface area is 161 Å². The van der Waals surface area contributed by atoms with Crippen LogP contribution >= 0.6 is 0 Å². The number of esters is 1. The summed E-state index contributed by atoms with van der Waals surface area (Å²) in [6, 6.07) is 6.98. The first-order chi connectivity index (χ1) is 12.7. The fraction of sp³-hybridized carbons (Fsp3) is 0.600. The molecule has 0 radical (unpaired) electrons. The van der Waals surface area contributed by atoms with Crippen molar-refractivity contribution in [3.63, 3.8) is 0 Å². The minimum Gasteiger partial charge on any atom is -0.459 e. The normalized spacial score (nSPS) is 16.9. The van der Waals surface area contributed by atoms with E-state index < -0.39 is 5.60 Å². The Morgan fingerprint density at radius 2 is 1.89 bits per heavy atom. The van der Waals surface area contributed by atoms with Crippen molar-refractivity contribution in [1.82, 2.24) is 15.5 Å². The summed E-state index contributed by atoms with van der Waals surface area (Å²) in [5.41, 5.74) is 0.630. The Bertz CT molecular complexity index is 632. The van der Waals surface area contributed by atoms with Gasteiger partial charge >= 0.3 is 5.97 Å². The molecule has 0 aromatic heterocycles. The molecule has 0 saturated carbocycles. The highest BCUT2D eigenvalue weighted by atomic mass is 19.1. The first-order valence-electron chi connectivity index (χ1n) is 9.41. The zero-order valence-electron chi connectivity index (χ0n) is 16.7. The number of guanidine groups is 1. The molecule has 2 rings (SSSR count). The zero-order chi connectivity index (χ0) is 19.9. The van der Waals surface area contributed by atoms with Crippen LogP contribution in [0.25, 0.3) is 0 Å². The SMILES string of the molecule is CN=C(NCC(=O)OC(C)(C)C)NC1CCN(Cc2ccc(F)cc2)CC1. The van der Waals surface area contributed by atoms with E-state index in [1.54, 1.807) is 7.05 Å². The lowest BCUT2D eigenvalue weighted by atomic mass is 10.0. The molecule has 0 bridgehead atoms. The van der Waals surface area contributed by atoms with Gasteiger partial charge in [0.25, 0.3) is 0 Å². The summed E-state index contributed by atoms with van der Waals surface area (Å²) >= 11 is 0. The number of nitrogens with one attached hydrogen (secondary N) is 2. The van der Waals surface area contributed by atoms with Crippen LogP contribution in [0.4, 0.5) is 4.39 Å². The topological polar surface area (TPSA) is 66.0 Å². The van der Waals surface area contributed by atoms with Crippen LogP contribution in [0.2, 0.25) is 0 Å². The first kappa shape index (κ1) is 21.2. The molecule has 1 fully saturated rings. The lowest BCUT2D eigenvalue weighted by Crippen LogP contribution is -2.49. The summed E-state index contributed by atoms with van der Waals surface area (Å²) < 4.78 is 18.3. The van der Waals surface area contributed by atoms with Crippen LogP contribution in [0.5, 0.6) is 0 Å². The molecule has 0 aliphatic carbocycles. The highest BCUT2D eigenvalue weighted by molar-refractivity contribution is 5.84. The summed E-state index contributed by atoms with van der Waals surface area (Å²) in [5, 5.41) is 6.38. The number of piperidine rings is 1. The number of ether oxygens (including phenoxy) is 1. The Morgan fingerprint density at radius 1 is 1.26 bits per heavy atom. The molecule has 1 heterocycles. The number of carbonyl (C=O) groups is 1. The van der Waals surface area contributed by atoms with Crippen molar-refractivity contribution in [2.45, 2.75) is 51.8 Å². The molecular weight excluding hydrogens is 347 g/mol. The number of aliphatic imine (C=N–C) groups is 1. The second-order valence-corrected chi connectivity index (χ2v) is 7.83. The van der Waals surface area contributed by atoms with Crippen LogP contribution in [0, 0.1) is 5.82 Å². The van der Waals surface area contributed by atoms with E-state index in [0.29, 0.717) is 12.0 Å². The summed E-state index contributed by atoms with van der Waals surface area (Å²) in [6.45, 7) is 8.36. The third kappa shape index (κ3) is 7.95. The fourth-order valence-corrected chi connectivity index (χ4v) is 3.00. The van der Waals surface area contributed by atoms with Crippen molar-refractivity contribution in [1.29, 1.82) is 0 Å². The van der Waals surface area contributed by atoms with Crippen molar-refractivity contribution in [2.24, 2.45) is 4.99 Å². The van der Waals surface area contributed by atoms with Crippen molar-refractivity contribution in [3.05, 3.63) is 35.6 Å². The largest absolute Gasteiger partial charge is 0.459 e. The summed E-state index contributed by atoms with van der Waals surface area (Å²) in [7, 11) is 1.69. The van der Waals surface area contributed by atoms with Gasteiger partial charge in [0.15, 0.2) is 5.96 Å². The van der Waals surface area contributed by atoms with E-state index in [1.165, 1.54) is 12.1 Å². The third-order valence-electron chi connectivity index (χ3n) is 4.29. The lowest BCUT2D eigenvalue weighted by Gasteiger charge is -2.33. The smallest absolute Gasteiger partial charge is 0.325 e. The number of halogens is 1. The molecule has 1 aromatic rings. The quantitative estimate of drug-likeness (QED) is 0.468. The van der Waals surface area contributed by atoms with Crippen molar-refractivity contribution in [3.8, 4) is 0 Å². The van der Waals surface area contributed by atoms with E-state index in [4.69, 9.17) is 4.74 Å². The molecular formula is C20H31FN4O2. The molecule has 0 amide bonds. The lowest BCUT2D eigenvalue weighted by molar-refractivity contribution is -0.153. The van der Waals surface area contributed by atoms with Crippen LogP contribution in [0.1, 0.15) is 39.2 Å². The maximum Gasteiger partial charge on any atom is 0.325 e. The van der Waals surface area contributed by atoms with E-state index in [2.05, 4.69) is 20.5 Å². The molecule has 27 heavy (non-hydrogen) atoms. The second kappa shape index (κ2) is 9.69. The monoisotopic (exact) mass is 378 g/mol. The molecule has 150 valence electrons. The van der Waals surface area contributed by atoms with Gasteiger partial charge in [0.05, 0.1) is 0 Å². The minimum atomic E-state index is -0.493. The molecule has 2 N–H and O–H groups in total. The number of hydrogen-bond acceptors (Lipinski definition) is 4. The van der Waals surface area contributed by atoms with Gasteiger partial charge in [-0.15, -0.1) is 0 Å². The van der Waals surface area contributed by atoms with Gasteiger partial charge in [0, 0.05) is 32.7 Å². The van der Waals surface area contributed by atoms with E-state index in [9.17, 15) is 9.18 Å². The number of benzene rings is 1. The highest BCUT2D eigenvalue weighted by Gasteiger charge is 2.21. The molecule has 6 nitrogen and oxygen atoms in total. The molecule has 1 aliphatic heterocycles. The number of nitrogens with zero attached hydrogens (tertiary/aromatic N) is 2. The number of likely N-dealkylation sites (tertiary alicyclic amines) is 1. The minimum absolute atomic E-state index is 0.0837. The predicted molar refractivity (Wildman–Crippen MR) is 105 cm³/mol. The number of hydrogen-bond donors (Lipinski definition) is 2. The maximum atomic E-state index is 13.0. The third-order valence-corrected chi connectivity index (χ3v) is 4.29. The van der Waals surface area contributed by atoms with Gasteiger partial charge in [-0.25, -0.2) is 4.39 Å². The molecule has 0 spiro atoms. The molecule has 1 saturated heterocycles. The Hall–Kier alpha value is -2.15. The van der Waals surface area contributed by atoms with Crippen LogP contribution in [-0.2, 0) is 16.1 Å². The Morgan fingerprint density at radius 3 is 2.44 bits per heavy atom. The Balaban J connectivity index is 1.71. The fourth-order valence-electron chi connectivity index (χ4n) is 3.00. The van der Waals surface area contributed by atoms with Crippen molar-refractivity contribution in [2.75, 3.05) is 26.7 Å². The van der Waals surface area contributed by atoms with Gasteiger partial charge < -0.3 is 15.4 Å². The molecule has 0 unspecified atom stereocenters. The Kier molecular flexibility index (Phi) is 7.59. The maximum absolute atomic E-state index is 13.0. The number of carbonyl (C=O) groups excluding carboxylic acids is 1. The van der Waals surface area contributed by atoms with Gasteiger partial charge in [0.2, 0.25) is 0 Å². The molecule has 1 aromatic carbocycles. The van der Waals surface area contributed by atoms with E-state index >= 15 is 0 Å². The van der Waals surface area contributed by atoms with Crippen LogP contribution in [-0.4, -0.2) is 55.2 Å². The summed E-state index contributed by atoms with van der Waals surface area (Å²) in [6.07, 6.45) is 1.96. The van der Waals surface area contributed by atoms with Crippen LogP contribution in [0.3, 0.4) is 0 Å². The molecule has 0 atom stereocenters.